The smallest absolute Gasteiger partial charge is 0.317 e. The summed E-state index contributed by atoms with van der Waals surface area (Å²) in [5.74, 6) is 0.144. The summed E-state index contributed by atoms with van der Waals surface area (Å²) in [4.78, 5) is 28.3. The maximum absolute atomic E-state index is 12.6. The summed E-state index contributed by atoms with van der Waals surface area (Å²) in [7, 11) is 3.53. The third-order valence-electron chi connectivity index (χ3n) is 5.33. The minimum Gasteiger partial charge on any atom is -0.383 e. The Kier molecular flexibility index (Phi) is 5.27. The second-order valence-electron chi connectivity index (χ2n) is 6.82. The number of carbonyl (C=O) groups is 2. The Hall–Kier alpha value is -2.09. The zero-order chi connectivity index (χ0) is 18.0. The second kappa shape index (κ2) is 7.43. The molecule has 25 heavy (non-hydrogen) atoms. The Morgan fingerprint density at radius 3 is 2.76 bits per heavy atom. The van der Waals surface area contributed by atoms with E-state index in [0.717, 1.165) is 30.8 Å². The zero-order valence-corrected chi connectivity index (χ0v) is 15.2. The molecule has 3 heterocycles. The van der Waals surface area contributed by atoms with Crippen LogP contribution < -0.4 is 5.32 Å². The molecule has 8 nitrogen and oxygen atoms in total. The van der Waals surface area contributed by atoms with Gasteiger partial charge in [-0.15, -0.1) is 0 Å². The van der Waals surface area contributed by atoms with E-state index in [4.69, 9.17) is 4.74 Å². The Morgan fingerprint density at radius 2 is 2.20 bits per heavy atom. The molecule has 3 rings (SSSR count). The van der Waals surface area contributed by atoms with Gasteiger partial charge in [-0.2, -0.15) is 5.10 Å². The SMILES string of the molecule is COCCN1C(=O)C[C@H](CNC(=O)N2CCC2)[C@H]1c1cnn(C)c1C. The van der Waals surface area contributed by atoms with Crippen LogP contribution in [0.2, 0.25) is 0 Å². The lowest BCUT2D eigenvalue weighted by atomic mass is 9.94. The van der Waals surface area contributed by atoms with Crippen molar-refractivity contribution < 1.29 is 14.3 Å². The van der Waals surface area contributed by atoms with Gasteiger partial charge < -0.3 is 19.9 Å². The first-order valence-corrected chi connectivity index (χ1v) is 8.82. The molecule has 2 saturated heterocycles. The van der Waals surface area contributed by atoms with Crippen LogP contribution in [0.4, 0.5) is 4.79 Å². The number of hydrogen-bond donors (Lipinski definition) is 1. The second-order valence-corrected chi connectivity index (χ2v) is 6.82. The van der Waals surface area contributed by atoms with E-state index in [-0.39, 0.29) is 23.9 Å². The highest BCUT2D eigenvalue weighted by atomic mass is 16.5. The van der Waals surface area contributed by atoms with Gasteiger partial charge in [0.2, 0.25) is 5.91 Å². The van der Waals surface area contributed by atoms with Crippen LogP contribution in [-0.4, -0.2) is 71.4 Å². The topological polar surface area (TPSA) is 79.7 Å². The first-order chi connectivity index (χ1) is 12.0. The van der Waals surface area contributed by atoms with Crippen molar-refractivity contribution >= 4 is 11.9 Å². The number of aryl methyl sites for hydroxylation is 1. The van der Waals surface area contributed by atoms with Gasteiger partial charge in [0.15, 0.2) is 0 Å². The third kappa shape index (κ3) is 3.49. The highest BCUT2D eigenvalue weighted by molar-refractivity contribution is 5.80. The van der Waals surface area contributed by atoms with Crippen LogP contribution in [0.3, 0.4) is 0 Å². The minimum atomic E-state index is -0.0759. The van der Waals surface area contributed by atoms with E-state index in [1.807, 2.05) is 29.7 Å². The van der Waals surface area contributed by atoms with Gasteiger partial charge in [0.05, 0.1) is 18.8 Å². The Bertz CT molecular complexity index is 640. The van der Waals surface area contributed by atoms with Gasteiger partial charge in [-0.1, -0.05) is 0 Å². The number of amides is 3. The number of nitrogens with one attached hydrogen (secondary N) is 1. The van der Waals surface area contributed by atoms with E-state index in [0.29, 0.717) is 26.1 Å². The maximum atomic E-state index is 12.6. The van der Waals surface area contributed by atoms with Crippen molar-refractivity contribution in [3.8, 4) is 0 Å². The predicted octanol–water partition coefficient (Wildman–Crippen LogP) is 0.680. The standard InChI is InChI=1S/C17H27N5O3/c1-12-14(11-19-20(12)2)16-13(9-15(23)22(16)7-8-25-3)10-18-17(24)21-5-4-6-21/h11,13,16H,4-10H2,1-3H3,(H,18,24)/t13-,16+/m1/s1. The van der Waals surface area contributed by atoms with Crippen LogP contribution in [0, 0.1) is 12.8 Å². The molecular weight excluding hydrogens is 322 g/mol. The molecule has 0 saturated carbocycles. The summed E-state index contributed by atoms with van der Waals surface area (Å²) < 4.78 is 6.99. The number of ether oxygens (including phenoxy) is 1. The summed E-state index contributed by atoms with van der Waals surface area (Å²) in [6.07, 6.45) is 3.34. The number of urea groups is 1. The van der Waals surface area contributed by atoms with Crippen molar-refractivity contribution in [3.63, 3.8) is 0 Å². The van der Waals surface area contributed by atoms with Crippen LogP contribution in [-0.2, 0) is 16.6 Å². The molecule has 2 fully saturated rings. The van der Waals surface area contributed by atoms with Crippen molar-refractivity contribution in [1.29, 1.82) is 0 Å². The number of rotatable bonds is 6. The molecule has 1 aromatic heterocycles. The largest absolute Gasteiger partial charge is 0.383 e. The lowest BCUT2D eigenvalue weighted by Crippen LogP contribution is -2.49. The fourth-order valence-corrected chi connectivity index (χ4v) is 3.58. The molecule has 2 aliphatic rings. The van der Waals surface area contributed by atoms with Crippen molar-refractivity contribution in [2.75, 3.05) is 39.9 Å². The lowest BCUT2D eigenvalue weighted by molar-refractivity contribution is -0.129. The fourth-order valence-electron chi connectivity index (χ4n) is 3.58. The van der Waals surface area contributed by atoms with Gasteiger partial charge in [0.1, 0.15) is 0 Å². The molecule has 2 atom stereocenters. The minimum absolute atomic E-state index is 0.0318. The molecule has 0 bridgehead atoms. The molecule has 0 unspecified atom stereocenters. The van der Waals surface area contributed by atoms with E-state index >= 15 is 0 Å². The van der Waals surface area contributed by atoms with E-state index in [1.54, 1.807) is 12.0 Å². The average molecular weight is 349 g/mol. The first kappa shape index (κ1) is 17.7. The summed E-state index contributed by atoms with van der Waals surface area (Å²) in [5, 5.41) is 7.33. The van der Waals surface area contributed by atoms with E-state index in [2.05, 4.69) is 10.4 Å². The van der Waals surface area contributed by atoms with Crippen LogP contribution in [0.5, 0.6) is 0 Å². The molecular formula is C17H27N5O3. The van der Waals surface area contributed by atoms with Crippen molar-refractivity contribution in [2.45, 2.75) is 25.8 Å². The molecule has 8 heteroatoms. The first-order valence-electron chi connectivity index (χ1n) is 8.82. The van der Waals surface area contributed by atoms with Crippen molar-refractivity contribution in [1.82, 2.24) is 24.9 Å². The molecule has 1 N–H and O–H groups in total. The number of hydrogen-bond acceptors (Lipinski definition) is 4. The quantitative estimate of drug-likeness (QED) is 0.819. The highest BCUT2D eigenvalue weighted by Gasteiger charge is 2.42. The van der Waals surface area contributed by atoms with Crippen LogP contribution in [0.1, 0.15) is 30.1 Å². The Labute approximate surface area is 148 Å². The molecule has 0 aromatic carbocycles. The normalized spacial score (nSPS) is 23.1. The van der Waals surface area contributed by atoms with E-state index in [9.17, 15) is 9.59 Å². The summed E-state index contributed by atoms with van der Waals surface area (Å²) in [5.41, 5.74) is 2.09. The Balaban J connectivity index is 1.76. The lowest BCUT2D eigenvalue weighted by Gasteiger charge is -2.32. The summed E-state index contributed by atoms with van der Waals surface area (Å²) in [6, 6.07) is -0.108. The van der Waals surface area contributed by atoms with Crippen LogP contribution in [0.25, 0.3) is 0 Å². The molecule has 2 aliphatic heterocycles. The average Bonchev–Trinajstić information content (AvgIpc) is 3.01. The van der Waals surface area contributed by atoms with Gasteiger partial charge >= 0.3 is 6.03 Å². The number of methoxy groups -OCH3 is 1. The maximum Gasteiger partial charge on any atom is 0.317 e. The highest BCUT2D eigenvalue weighted by Crippen LogP contribution is 2.38. The van der Waals surface area contributed by atoms with Crippen LogP contribution >= 0.6 is 0 Å². The summed E-state index contributed by atoms with van der Waals surface area (Å²) in [6.45, 7) is 5.18. The van der Waals surface area contributed by atoms with Gasteiger partial charge in [-0.25, -0.2) is 4.79 Å². The molecule has 138 valence electrons. The van der Waals surface area contributed by atoms with E-state index < -0.39 is 0 Å². The number of aromatic nitrogens is 2. The van der Waals surface area contributed by atoms with Gasteiger partial charge in [-0.3, -0.25) is 9.48 Å². The van der Waals surface area contributed by atoms with Gasteiger partial charge in [0.25, 0.3) is 0 Å². The predicted molar refractivity (Wildman–Crippen MR) is 92.0 cm³/mol. The Morgan fingerprint density at radius 1 is 1.44 bits per heavy atom. The van der Waals surface area contributed by atoms with Gasteiger partial charge in [-0.05, 0) is 13.3 Å². The monoisotopic (exact) mass is 349 g/mol. The fraction of sp³-hybridized carbons (Fsp3) is 0.706. The number of nitrogens with zero attached hydrogens (tertiary/aromatic N) is 4. The van der Waals surface area contributed by atoms with Crippen molar-refractivity contribution in [3.05, 3.63) is 17.5 Å². The molecule has 0 aliphatic carbocycles. The molecule has 3 amide bonds. The molecule has 1 aromatic rings. The van der Waals surface area contributed by atoms with Crippen LogP contribution in [0.15, 0.2) is 6.20 Å². The number of likely N-dealkylation sites (tertiary alicyclic amines) is 2. The zero-order valence-electron chi connectivity index (χ0n) is 15.2. The van der Waals surface area contributed by atoms with Gasteiger partial charge in [0, 0.05) is 63.9 Å². The third-order valence-corrected chi connectivity index (χ3v) is 5.33. The molecule has 0 radical (unpaired) electrons. The number of carbonyl (C=O) groups excluding carboxylic acids is 2. The van der Waals surface area contributed by atoms with Crippen molar-refractivity contribution in [2.24, 2.45) is 13.0 Å². The van der Waals surface area contributed by atoms with E-state index in [1.165, 1.54) is 0 Å². The summed E-state index contributed by atoms with van der Waals surface area (Å²) >= 11 is 0. The molecule has 0 spiro atoms.